The van der Waals surface area contributed by atoms with Crippen LogP contribution in [0.3, 0.4) is 0 Å². The molecule has 0 amide bonds. The average Bonchev–Trinajstić information content (AvgIpc) is 2.58. The molecule has 3 nitrogen and oxygen atoms in total. The maximum Gasteiger partial charge on any atom is 0.234 e. The number of fused-ring (bicyclic) bond motifs is 1. The van der Waals surface area contributed by atoms with Crippen LogP contribution in [0.2, 0.25) is 0 Å². The van der Waals surface area contributed by atoms with E-state index >= 15 is 0 Å². The van der Waals surface area contributed by atoms with Crippen LogP contribution in [0.1, 0.15) is 5.69 Å². The first-order valence-corrected chi connectivity index (χ1v) is 5.04. The lowest BCUT2D eigenvalue weighted by molar-refractivity contribution is 1.10. The third-order valence-corrected chi connectivity index (χ3v) is 2.07. The van der Waals surface area contributed by atoms with Gasteiger partial charge < -0.3 is 0 Å². The Morgan fingerprint density at radius 2 is 2.38 bits per heavy atom. The van der Waals surface area contributed by atoms with E-state index < -0.39 is 0 Å². The van der Waals surface area contributed by atoms with E-state index in [9.17, 15) is 0 Å². The topological polar surface area (TPSA) is 30.2 Å². The standard InChI is InChI=1S/C9H8BrN3/c10-4-1-3-8-7-12-9-11-5-2-6-13(8)9/h1-3,5-7H,4H2. The van der Waals surface area contributed by atoms with E-state index in [2.05, 4.69) is 25.9 Å². The van der Waals surface area contributed by atoms with Gasteiger partial charge in [-0.2, -0.15) is 0 Å². The summed E-state index contributed by atoms with van der Waals surface area (Å²) in [6.45, 7) is 0. The summed E-state index contributed by atoms with van der Waals surface area (Å²) in [5.41, 5.74) is 1.04. The van der Waals surface area contributed by atoms with Crippen LogP contribution in [0.25, 0.3) is 11.9 Å². The summed E-state index contributed by atoms with van der Waals surface area (Å²) in [5, 5.41) is 0.848. The van der Waals surface area contributed by atoms with E-state index in [0.717, 1.165) is 16.8 Å². The van der Waals surface area contributed by atoms with Crippen molar-refractivity contribution in [1.29, 1.82) is 0 Å². The summed E-state index contributed by atoms with van der Waals surface area (Å²) >= 11 is 3.33. The fourth-order valence-corrected chi connectivity index (χ4v) is 1.32. The van der Waals surface area contributed by atoms with Gasteiger partial charge in [-0.25, -0.2) is 9.97 Å². The monoisotopic (exact) mass is 237 g/mol. The second-order valence-corrected chi connectivity index (χ2v) is 3.18. The molecule has 0 atom stereocenters. The average molecular weight is 238 g/mol. The number of imidazole rings is 1. The maximum absolute atomic E-state index is 4.16. The Labute approximate surface area is 84.3 Å². The van der Waals surface area contributed by atoms with Gasteiger partial charge in [-0.3, -0.25) is 4.40 Å². The Morgan fingerprint density at radius 3 is 3.23 bits per heavy atom. The zero-order chi connectivity index (χ0) is 9.10. The van der Waals surface area contributed by atoms with Crippen LogP contribution in [-0.4, -0.2) is 19.7 Å². The molecule has 0 aliphatic heterocycles. The third-order valence-electron chi connectivity index (χ3n) is 1.69. The Bertz CT molecular complexity index is 433. The Morgan fingerprint density at radius 1 is 1.46 bits per heavy atom. The SMILES string of the molecule is BrCC=Cc1cnc2ncccn12. The van der Waals surface area contributed by atoms with Gasteiger partial charge in [0, 0.05) is 17.7 Å². The Balaban J connectivity index is 2.52. The largest absolute Gasteiger partial charge is 0.284 e. The van der Waals surface area contributed by atoms with Gasteiger partial charge in [0.25, 0.3) is 0 Å². The fraction of sp³-hybridized carbons (Fsp3) is 0.111. The summed E-state index contributed by atoms with van der Waals surface area (Å²) < 4.78 is 1.94. The molecule has 0 saturated carbocycles. The van der Waals surface area contributed by atoms with Gasteiger partial charge in [0.1, 0.15) is 0 Å². The number of nitrogens with zero attached hydrogens (tertiary/aromatic N) is 3. The Kier molecular flexibility index (Phi) is 2.40. The van der Waals surface area contributed by atoms with Gasteiger partial charge in [0.05, 0.1) is 11.9 Å². The van der Waals surface area contributed by atoms with Crippen LogP contribution in [0.5, 0.6) is 0 Å². The van der Waals surface area contributed by atoms with E-state index in [1.165, 1.54) is 0 Å². The molecule has 66 valence electrons. The number of hydrogen-bond donors (Lipinski definition) is 0. The van der Waals surface area contributed by atoms with E-state index in [0.29, 0.717) is 0 Å². The smallest absolute Gasteiger partial charge is 0.234 e. The number of hydrogen-bond acceptors (Lipinski definition) is 2. The lowest BCUT2D eigenvalue weighted by Crippen LogP contribution is -1.87. The van der Waals surface area contributed by atoms with Crippen molar-refractivity contribution in [2.75, 3.05) is 5.33 Å². The van der Waals surface area contributed by atoms with E-state index in [-0.39, 0.29) is 0 Å². The van der Waals surface area contributed by atoms with E-state index in [1.807, 2.05) is 35.0 Å². The summed E-state index contributed by atoms with van der Waals surface area (Å²) in [6, 6.07) is 1.89. The van der Waals surface area contributed by atoms with Gasteiger partial charge in [0.15, 0.2) is 0 Å². The molecule has 2 rings (SSSR count). The summed E-state index contributed by atoms with van der Waals surface area (Å²) in [5.74, 6) is 0.733. The molecule has 2 aromatic heterocycles. The molecule has 0 spiro atoms. The van der Waals surface area contributed by atoms with Gasteiger partial charge >= 0.3 is 0 Å². The molecule has 0 aliphatic carbocycles. The minimum absolute atomic E-state index is 0.733. The Hall–Kier alpha value is -1.16. The summed E-state index contributed by atoms with van der Waals surface area (Å²) in [4.78, 5) is 8.27. The summed E-state index contributed by atoms with van der Waals surface area (Å²) in [7, 11) is 0. The first-order chi connectivity index (χ1) is 6.42. The molecule has 0 aromatic carbocycles. The minimum Gasteiger partial charge on any atom is -0.284 e. The molecule has 0 saturated heterocycles. The van der Waals surface area contributed by atoms with Gasteiger partial charge in [0.2, 0.25) is 5.78 Å². The predicted octanol–water partition coefficient (Wildman–Crippen LogP) is 2.14. The highest BCUT2D eigenvalue weighted by atomic mass is 79.9. The molecule has 0 bridgehead atoms. The lowest BCUT2D eigenvalue weighted by Gasteiger charge is -1.92. The second kappa shape index (κ2) is 3.70. The highest BCUT2D eigenvalue weighted by Gasteiger charge is 1.97. The number of allylic oxidation sites excluding steroid dienone is 1. The molecular weight excluding hydrogens is 230 g/mol. The molecule has 0 fully saturated rings. The molecule has 0 unspecified atom stereocenters. The molecule has 13 heavy (non-hydrogen) atoms. The van der Waals surface area contributed by atoms with Gasteiger partial charge in [-0.15, -0.1) is 0 Å². The number of halogens is 1. The van der Waals surface area contributed by atoms with Crippen molar-refractivity contribution >= 4 is 27.8 Å². The van der Waals surface area contributed by atoms with Crippen molar-refractivity contribution in [1.82, 2.24) is 14.4 Å². The second-order valence-electron chi connectivity index (χ2n) is 2.53. The van der Waals surface area contributed by atoms with Crippen LogP contribution in [0, 0.1) is 0 Å². The van der Waals surface area contributed by atoms with Crippen LogP contribution in [0.15, 0.2) is 30.7 Å². The quantitative estimate of drug-likeness (QED) is 0.750. The molecular formula is C9H8BrN3. The first-order valence-electron chi connectivity index (χ1n) is 3.92. The van der Waals surface area contributed by atoms with Crippen molar-refractivity contribution in [3.8, 4) is 0 Å². The summed E-state index contributed by atoms with van der Waals surface area (Å²) in [6.07, 6.45) is 9.53. The number of rotatable bonds is 2. The molecule has 2 heterocycles. The third kappa shape index (κ3) is 1.62. The van der Waals surface area contributed by atoms with Crippen LogP contribution < -0.4 is 0 Å². The van der Waals surface area contributed by atoms with Crippen molar-refractivity contribution in [2.24, 2.45) is 0 Å². The van der Waals surface area contributed by atoms with Crippen molar-refractivity contribution in [3.63, 3.8) is 0 Å². The normalized spacial score (nSPS) is 11.5. The fourth-order valence-electron chi connectivity index (χ4n) is 1.13. The molecule has 0 N–H and O–H groups in total. The van der Waals surface area contributed by atoms with Crippen LogP contribution >= 0.6 is 15.9 Å². The van der Waals surface area contributed by atoms with Crippen LogP contribution in [0.4, 0.5) is 0 Å². The predicted molar refractivity (Wildman–Crippen MR) is 55.8 cm³/mol. The first kappa shape index (κ1) is 8.44. The van der Waals surface area contributed by atoms with Gasteiger partial charge in [-0.05, 0) is 12.1 Å². The zero-order valence-corrected chi connectivity index (χ0v) is 8.48. The van der Waals surface area contributed by atoms with Crippen molar-refractivity contribution in [2.45, 2.75) is 0 Å². The minimum atomic E-state index is 0.733. The zero-order valence-electron chi connectivity index (χ0n) is 6.89. The molecule has 4 heteroatoms. The van der Waals surface area contributed by atoms with Crippen molar-refractivity contribution < 1.29 is 0 Å². The van der Waals surface area contributed by atoms with Crippen molar-refractivity contribution in [3.05, 3.63) is 36.4 Å². The van der Waals surface area contributed by atoms with Gasteiger partial charge in [-0.1, -0.05) is 22.0 Å². The molecule has 0 aliphatic rings. The highest BCUT2D eigenvalue weighted by molar-refractivity contribution is 9.09. The lowest BCUT2D eigenvalue weighted by atomic mass is 10.4. The maximum atomic E-state index is 4.16. The number of alkyl halides is 1. The molecule has 2 aromatic rings. The highest BCUT2D eigenvalue weighted by Crippen LogP contribution is 2.05. The van der Waals surface area contributed by atoms with Crippen LogP contribution in [-0.2, 0) is 0 Å². The molecule has 0 radical (unpaired) electrons. The number of aromatic nitrogens is 3. The van der Waals surface area contributed by atoms with E-state index in [4.69, 9.17) is 0 Å². The van der Waals surface area contributed by atoms with E-state index in [1.54, 1.807) is 6.20 Å².